The number of nitrogens with one attached hydrogen (secondary N) is 1. The van der Waals surface area contributed by atoms with E-state index in [9.17, 15) is 14.7 Å². The fourth-order valence-electron chi connectivity index (χ4n) is 3.63. The molecule has 3 aromatic carbocycles. The highest BCUT2D eigenvalue weighted by Crippen LogP contribution is 2.33. The van der Waals surface area contributed by atoms with Gasteiger partial charge in [-0.1, -0.05) is 66.7 Å². The quantitative estimate of drug-likeness (QED) is 0.605. The summed E-state index contributed by atoms with van der Waals surface area (Å²) >= 11 is 0. The molecule has 158 valence electrons. The number of benzene rings is 3. The van der Waals surface area contributed by atoms with E-state index in [1.165, 1.54) is 0 Å². The van der Waals surface area contributed by atoms with E-state index in [-0.39, 0.29) is 19.1 Å². The van der Waals surface area contributed by atoms with E-state index in [0.717, 1.165) is 28.0 Å². The fourth-order valence-corrected chi connectivity index (χ4v) is 3.63. The lowest BCUT2D eigenvalue weighted by Gasteiger charge is -2.16. The van der Waals surface area contributed by atoms with Crippen LogP contribution in [-0.4, -0.2) is 35.9 Å². The van der Waals surface area contributed by atoms with Crippen molar-refractivity contribution in [3.8, 4) is 16.9 Å². The van der Waals surface area contributed by atoms with Crippen LogP contribution in [0, 0.1) is 0 Å². The Labute approximate surface area is 180 Å². The number of ether oxygens (including phenoxy) is 2. The molecule has 1 aliphatic heterocycles. The van der Waals surface area contributed by atoms with E-state index in [1.807, 2.05) is 60.7 Å². The van der Waals surface area contributed by atoms with Gasteiger partial charge in [-0.2, -0.15) is 0 Å². The summed E-state index contributed by atoms with van der Waals surface area (Å²) in [6.07, 6.45) is -0.272. The summed E-state index contributed by atoms with van der Waals surface area (Å²) in [5.74, 6) is -0.333. The second-order valence-corrected chi connectivity index (χ2v) is 7.46. The van der Waals surface area contributed by atoms with Crippen LogP contribution in [0.3, 0.4) is 0 Å². The molecule has 0 aromatic heterocycles. The second-order valence-electron chi connectivity index (χ2n) is 7.46. The van der Waals surface area contributed by atoms with Crippen LogP contribution in [0.5, 0.6) is 5.75 Å². The first-order valence-electron chi connectivity index (χ1n) is 10.1. The second kappa shape index (κ2) is 9.34. The normalized spacial score (nSPS) is 15.4. The summed E-state index contributed by atoms with van der Waals surface area (Å²) in [6.45, 7) is 0.0405. The molecular weight excluding hydrogens is 394 g/mol. The summed E-state index contributed by atoms with van der Waals surface area (Å²) in [4.78, 5) is 23.7. The van der Waals surface area contributed by atoms with Crippen LogP contribution in [0.1, 0.15) is 11.1 Å². The lowest BCUT2D eigenvalue weighted by Crippen LogP contribution is -2.43. The van der Waals surface area contributed by atoms with Crippen molar-refractivity contribution in [2.45, 2.75) is 25.0 Å². The van der Waals surface area contributed by atoms with E-state index >= 15 is 0 Å². The van der Waals surface area contributed by atoms with Crippen LogP contribution in [0.2, 0.25) is 0 Å². The SMILES string of the molecule is O=C(NC(Cc1ccccc1)C(=O)O)OC[C@H]1Cc2cc(-c3ccccc3)ccc2O1. The standard InChI is InChI=1S/C25H23NO5/c27-24(28)22(13-17-7-3-1-4-8-17)26-25(29)30-16-21-15-20-14-19(11-12-23(20)31-21)18-9-5-2-6-10-18/h1-12,14,21-22H,13,15-16H2,(H,26,29)(H,27,28)/t21-,22?/m1/s1. The molecule has 3 aromatic rings. The van der Waals surface area contributed by atoms with Crippen LogP contribution in [0.25, 0.3) is 11.1 Å². The van der Waals surface area contributed by atoms with Crippen molar-refractivity contribution in [3.63, 3.8) is 0 Å². The lowest BCUT2D eigenvalue weighted by atomic mass is 10.0. The van der Waals surface area contributed by atoms with Gasteiger partial charge in [0.15, 0.2) is 0 Å². The Morgan fingerprint density at radius 3 is 2.42 bits per heavy atom. The summed E-state index contributed by atoms with van der Waals surface area (Å²) < 4.78 is 11.1. The van der Waals surface area contributed by atoms with E-state index < -0.39 is 18.1 Å². The minimum absolute atomic E-state index is 0.0405. The van der Waals surface area contributed by atoms with Crippen molar-refractivity contribution < 1.29 is 24.2 Å². The highest BCUT2D eigenvalue weighted by molar-refractivity contribution is 5.80. The number of fused-ring (bicyclic) bond motifs is 1. The minimum Gasteiger partial charge on any atom is -0.486 e. The third kappa shape index (κ3) is 5.22. The van der Waals surface area contributed by atoms with Gasteiger partial charge in [-0.25, -0.2) is 9.59 Å². The summed E-state index contributed by atoms with van der Waals surface area (Å²) in [5.41, 5.74) is 4.11. The van der Waals surface area contributed by atoms with Gasteiger partial charge in [0, 0.05) is 12.8 Å². The van der Waals surface area contributed by atoms with E-state index in [2.05, 4.69) is 23.5 Å². The topological polar surface area (TPSA) is 84.9 Å². The molecule has 0 fully saturated rings. The van der Waals surface area contributed by atoms with Gasteiger partial charge < -0.3 is 19.9 Å². The van der Waals surface area contributed by atoms with Crippen molar-refractivity contribution in [3.05, 3.63) is 90.0 Å². The van der Waals surface area contributed by atoms with Gasteiger partial charge in [0.1, 0.15) is 24.5 Å². The van der Waals surface area contributed by atoms with Gasteiger partial charge in [-0.15, -0.1) is 0 Å². The molecule has 0 aliphatic carbocycles. The molecule has 1 aliphatic rings. The van der Waals surface area contributed by atoms with Crippen molar-refractivity contribution >= 4 is 12.1 Å². The zero-order valence-corrected chi connectivity index (χ0v) is 16.9. The van der Waals surface area contributed by atoms with Crippen LogP contribution in [0.15, 0.2) is 78.9 Å². The zero-order valence-electron chi connectivity index (χ0n) is 16.9. The average molecular weight is 417 g/mol. The lowest BCUT2D eigenvalue weighted by molar-refractivity contribution is -0.139. The Kier molecular flexibility index (Phi) is 6.17. The van der Waals surface area contributed by atoms with Gasteiger partial charge in [-0.3, -0.25) is 0 Å². The highest BCUT2D eigenvalue weighted by atomic mass is 16.6. The van der Waals surface area contributed by atoms with Gasteiger partial charge in [0.2, 0.25) is 0 Å². The summed E-state index contributed by atoms with van der Waals surface area (Å²) in [6, 6.07) is 24.2. The molecular formula is C25H23NO5. The molecule has 2 atom stereocenters. The first kappa shape index (κ1) is 20.5. The Morgan fingerprint density at radius 1 is 1.00 bits per heavy atom. The Morgan fingerprint density at radius 2 is 1.71 bits per heavy atom. The molecule has 1 amide bonds. The third-order valence-electron chi connectivity index (χ3n) is 5.18. The molecule has 0 saturated carbocycles. The van der Waals surface area contributed by atoms with E-state index in [1.54, 1.807) is 0 Å². The number of carbonyl (C=O) groups excluding carboxylic acids is 1. The van der Waals surface area contributed by atoms with Crippen LogP contribution < -0.4 is 10.1 Å². The summed E-state index contributed by atoms with van der Waals surface area (Å²) in [5, 5.41) is 11.8. The maximum absolute atomic E-state index is 12.2. The number of hydrogen-bond acceptors (Lipinski definition) is 4. The number of carbonyl (C=O) groups is 2. The average Bonchev–Trinajstić information content (AvgIpc) is 3.21. The maximum atomic E-state index is 12.2. The minimum atomic E-state index is -1.11. The Balaban J connectivity index is 1.30. The Hall–Kier alpha value is -3.80. The largest absolute Gasteiger partial charge is 0.486 e. The van der Waals surface area contributed by atoms with Crippen LogP contribution in [-0.2, 0) is 22.4 Å². The molecule has 0 bridgehead atoms. The predicted octanol–water partition coefficient (Wildman–Crippen LogP) is 4.08. The maximum Gasteiger partial charge on any atom is 0.407 e. The molecule has 2 N–H and O–H groups in total. The smallest absolute Gasteiger partial charge is 0.407 e. The molecule has 0 saturated heterocycles. The number of amides is 1. The van der Waals surface area contributed by atoms with Gasteiger partial charge in [-0.05, 0) is 34.4 Å². The number of alkyl carbamates (subject to hydrolysis) is 1. The van der Waals surface area contributed by atoms with Crippen molar-refractivity contribution in [2.24, 2.45) is 0 Å². The number of rotatable bonds is 7. The van der Waals surface area contributed by atoms with Crippen molar-refractivity contribution in [1.82, 2.24) is 5.32 Å². The number of aliphatic carboxylic acids is 1. The first-order chi connectivity index (χ1) is 15.1. The molecule has 0 spiro atoms. The van der Waals surface area contributed by atoms with E-state index in [4.69, 9.17) is 9.47 Å². The fraction of sp³-hybridized carbons (Fsp3) is 0.200. The molecule has 6 heteroatoms. The van der Waals surface area contributed by atoms with Crippen LogP contribution in [0.4, 0.5) is 4.79 Å². The summed E-state index contributed by atoms with van der Waals surface area (Å²) in [7, 11) is 0. The van der Waals surface area contributed by atoms with Crippen molar-refractivity contribution in [1.29, 1.82) is 0 Å². The number of hydrogen-bond donors (Lipinski definition) is 2. The molecule has 31 heavy (non-hydrogen) atoms. The van der Waals surface area contributed by atoms with Gasteiger partial charge >= 0.3 is 12.1 Å². The number of carboxylic acids is 1. The molecule has 4 rings (SSSR count). The van der Waals surface area contributed by atoms with Crippen LogP contribution >= 0.6 is 0 Å². The number of carboxylic acid groups (broad SMARTS) is 1. The Bertz CT molecular complexity index is 1050. The zero-order chi connectivity index (χ0) is 21.6. The first-order valence-corrected chi connectivity index (χ1v) is 10.1. The molecule has 0 radical (unpaired) electrons. The van der Waals surface area contributed by atoms with Gasteiger partial charge in [0.25, 0.3) is 0 Å². The molecule has 6 nitrogen and oxygen atoms in total. The molecule has 1 heterocycles. The predicted molar refractivity (Wildman–Crippen MR) is 116 cm³/mol. The van der Waals surface area contributed by atoms with Crippen molar-refractivity contribution in [2.75, 3.05) is 6.61 Å². The highest BCUT2D eigenvalue weighted by Gasteiger charge is 2.26. The van der Waals surface area contributed by atoms with Gasteiger partial charge in [0.05, 0.1) is 0 Å². The molecule has 1 unspecified atom stereocenters. The third-order valence-corrected chi connectivity index (χ3v) is 5.18. The van der Waals surface area contributed by atoms with E-state index in [0.29, 0.717) is 6.42 Å². The monoisotopic (exact) mass is 417 g/mol.